The summed E-state index contributed by atoms with van der Waals surface area (Å²) < 4.78 is 0. The molecule has 0 atom stereocenters. The first-order valence-electron chi connectivity index (χ1n) is 5.99. The molecule has 0 N–H and O–H groups in total. The topological polar surface area (TPSA) is 99.2 Å². The average Bonchev–Trinajstić information content (AvgIpc) is 3.16. The standard InChI is InChI=1S/C13H7N3O4S2/c17-15(18)9-3-1-2-8(6-9)13-14-10(7-21-13)11-4-5-12(22-11)16(19)20/h1-7H. The van der Waals surface area contributed by atoms with Crippen LogP contribution in [-0.4, -0.2) is 14.8 Å². The fourth-order valence-electron chi connectivity index (χ4n) is 1.84. The van der Waals surface area contributed by atoms with Crippen molar-refractivity contribution in [2.24, 2.45) is 0 Å². The number of nitro benzene ring substituents is 1. The van der Waals surface area contributed by atoms with E-state index >= 15 is 0 Å². The monoisotopic (exact) mass is 333 g/mol. The minimum atomic E-state index is -0.458. The number of nitrogens with zero attached hydrogens (tertiary/aromatic N) is 3. The molecule has 0 amide bonds. The summed E-state index contributed by atoms with van der Waals surface area (Å²) in [5.74, 6) is 0. The Morgan fingerprint density at radius 1 is 1.05 bits per heavy atom. The summed E-state index contributed by atoms with van der Waals surface area (Å²) in [6.07, 6.45) is 0. The second kappa shape index (κ2) is 5.62. The highest BCUT2D eigenvalue weighted by atomic mass is 32.1. The van der Waals surface area contributed by atoms with Crippen molar-refractivity contribution in [3.63, 3.8) is 0 Å². The molecule has 0 aliphatic rings. The second-order valence-corrected chi connectivity index (χ2v) is 6.16. The molecule has 3 aromatic rings. The van der Waals surface area contributed by atoms with Crippen molar-refractivity contribution in [2.45, 2.75) is 0 Å². The maximum Gasteiger partial charge on any atom is 0.324 e. The van der Waals surface area contributed by atoms with Gasteiger partial charge in [0.2, 0.25) is 0 Å². The predicted molar refractivity (Wildman–Crippen MR) is 84.2 cm³/mol. The molecule has 0 radical (unpaired) electrons. The molecule has 0 saturated heterocycles. The Morgan fingerprint density at radius 3 is 2.55 bits per heavy atom. The van der Waals surface area contributed by atoms with Crippen LogP contribution in [0, 0.1) is 20.2 Å². The highest BCUT2D eigenvalue weighted by Gasteiger charge is 2.15. The Kier molecular flexibility index (Phi) is 3.65. The molecule has 0 unspecified atom stereocenters. The van der Waals surface area contributed by atoms with Gasteiger partial charge in [0.1, 0.15) is 5.01 Å². The van der Waals surface area contributed by atoms with E-state index < -0.39 is 9.85 Å². The normalized spacial score (nSPS) is 10.5. The summed E-state index contributed by atoms with van der Waals surface area (Å²) in [6, 6.07) is 9.30. The number of thiazole rings is 1. The van der Waals surface area contributed by atoms with E-state index in [1.54, 1.807) is 23.6 Å². The third-order valence-corrected chi connectivity index (χ3v) is 4.78. The lowest BCUT2D eigenvalue weighted by Crippen LogP contribution is -1.87. The lowest BCUT2D eigenvalue weighted by Gasteiger charge is -1.96. The number of aromatic nitrogens is 1. The quantitative estimate of drug-likeness (QED) is 0.522. The SMILES string of the molecule is O=[N+]([O-])c1cccc(-c2nc(-c3ccc([N+](=O)[O-])s3)cs2)c1. The number of hydrogen-bond donors (Lipinski definition) is 0. The van der Waals surface area contributed by atoms with Crippen LogP contribution in [0.4, 0.5) is 10.7 Å². The molecule has 110 valence electrons. The number of non-ortho nitro benzene ring substituents is 1. The van der Waals surface area contributed by atoms with Crippen molar-refractivity contribution >= 4 is 33.4 Å². The smallest absolute Gasteiger partial charge is 0.258 e. The Hall–Kier alpha value is -2.65. The molecule has 22 heavy (non-hydrogen) atoms. The van der Waals surface area contributed by atoms with Crippen molar-refractivity contribution < 1.29 is 9.85 Å². The zero-order valence-corrected chi connectivity index (χ0v) is 12.5. The minimum absolute atomic E-state index is 0.000937. The van der Waals surface area contributed by atoms with Crippen molar-refractivity contribution in [1.29, 1.82) is 0 Å². The van der Waals surface area contributed by atoms with E-state index in [-0.39, 0.29) is 10.7 Å². The molecule has 0 bridgehead atoms. The summed E-state index contributed by atoms with van der Waals surface area (Å²) >= 11 is 2.39. The fourth-order valence-corrected chi connectivity index (χ4v) is 3.51. The van der Waals surface area contributed by atoms with Crippen LogP contribution in [0.3, 0.4) is 0 Å². The highest BCUT2D eigenvalue weighted by molar-refractivity contribution is 7.19. The molecule has 0 spiro atoms. The Bertz CT molecular complexity index is 872. The van der Waals surface area contributed by atoms with Crippen molar-refractivity contribution in [3.05, 3.63) is 62.0 Å². The largest absolute Gasteiger partial charge is 0.324 e. The maximum absolute atomic E-state index is 10.8. The van der Waals surface area contributed by atoms with Crippen LogP contribution >= 0.6 is 22.7 Å². The molecule has 0 aliphatic heterocycles. The van der Waals surface area contributed by atoms with E-state index in [9.17, 15) is 20.2 Å². The highest BCUT2D eigenvalue weighted by Crippen LogP contribution is 2.35. The fraction of sp³-hybridized carbons (Fsp3) is 0. The second-order valence-electron chi connectivity index (χ2n) is 4.24. The molecule has 2 aromatic heterocycles. The van der Waals surface area contributed by atoms with Gasteiger partial charge in [0, 0.05) is 29.1 Å². The maximum atomic E-state index is 10.8. The van der Waals surface area contributed by atoms with E-state index in [0.29, 0.717) is 21.1 Å². The van der Waals surface area contributed by atoms with Gasteiger partial charge < -0.3 is 0 Å². The van der Waals surface area contributed by atoms with Gasteiger partial charge in [0.15, 0.2) is 0 Å². The number of hydrogen-bond acceptors (Lipinski definition) is 7. The van der Waals surface area contributed by atoms with Crippen molar-refractivity contribution in [2.75, 3.05) is 0 Å². The van der Waals surface area contributed by atoms with Gasteiger partial charge in [-0.3, -0.25) is 20.2 Å². The molecule has 7 nitrogen and oxygen atoms in total. The van der Waals surface area contributed by atoms with Gasteiger partial charge in [0.05, 0.1) is 20.4 Å². The number of nitro groups is 2. The van der Waals surface area contributed by atoms with Crippen LogP contribution in [-0.2, 0) is 0 Å². The Morgan fingerprint density at radius 2 is 1.86 bits per heavy atom. The van der Waals surface area contributed by atoms with E-state index in [1.807, 2.05) is 0 Å². The minimum Gasteiger partial charge on any atom is -0.258 e. The van der Waals surface area contributed by atoms with Crippen LogP contribution in [0.1, 0.15) is 0 Å². The Labute approximate surface area is 131 Å². The van der Waals surface area contributed by atoms with Gasteiger partial charge in [-0.2, -0.15) is 0 Å². The van der Waals surface area contributed by atoms with E-state index in [1.165, 1.54) is 29.5 Å². The van der Waals surface area contributed by atoms with Crippen LogP contribution in [0.5, 0.6) is 0 Å². The molecule has 0 aliphatic carbocycles. The molecule has 3 rings (SSSR count). The molecule has 9 heteroatoms. The molecular formula is C13H7N3O4S2. The summed E-state index contributed by atoms with van der Waals surface area (Å²) in [7, 11) is 0. The van der Waals surface area contributed by atoms with Crippen molar-refractivity contribution in [3.8, 4) is 21.1 Å². The van der Waals surface area contributed by atoms with Gasteiger partial charge >= 0.3 is 5.00 Å². The first-order chi connectivity index (χ1) is 10.5. The predicted octanol–water partition coefficient (Wildman–Crippen LogP) is 4.36. The third-order valence-electron chi connectivity index (χ3n) is 2.83. The number of rotatable bonds is 4. The van der Waals surface area contributed by atoms with Gasteiger partial charge in [-0.25, -0.2) is 4.98 Å². The van der Waals surface area contributed by atoms with Gasteiger partial charge in [-0.05, 0) is 6.07 Å². The first kappa shape index (κ1) is 14.3. The lowest BCUT2D eigenvalue weighted by molar-refractivity contribution is -0.384. The number of thiophene rings is 1. The molecule has 0 fully saturated rings. The van der Waals surface area contributed by atoms with Gasteiger partial charge in [-0.1, -0.05) is 23.5 Å². The summed E-state index contributed by atoms with van der Waals surface area (Å²) in [4.78, 5) is 25.7. The molecular weight excluding hydrogens is 326 g/mol. The summed E-state index contributed by atoms with van der Waals surface area (Å²) in [5.41, 5.74) is 1.28. The van der Waals surface area contributed by atoms with Crippen LogP contribution in [0.2, 0.25) is 0 Å². The van der Waals surface area contributed by atoms with Crippen LogP contribution < -0.4 is 0 Å². The van der Waals surface area contributed by atoms with E-state index in [4.69, 9.17) is 0 Å². The third kappa shape index (κ3) is 2.71. The first-order valence-corrected chi connectivity index (χ1v) is 7.69. The molecule has 0 saturated carbocycles. The van der Waals surface area contributed by atoms with Crippen LogP contribution in [0.15, 0.2) is 41.8 Å². The van der Waals surface area contributed by atoms with Gasteiger partial charge in [-0.15, -0.1) is 11.3 Å². The van der Waals surface area contributed by atoms with E-state index in [2.05, 4.69) is 4.98 Å². The van der Waals surface area contributed by atoms with E-state index in [0.717, 1.165) is 11.3 Å². The zero-order valence-electron chi connectivity index (χ0n) is 10.8. The summed E-state index contributed by atoms with van der Waals surface area (Å²) in [6.45, 7) is 0. The average molecular weight is 333 g/mol. The Balaban J connectivity index is 1.94. The van der Waals surface area contributed by atoms with Crippen molar-refractivity contribution in [1.82, 2.24) is 4.98 Å². The van der Waals surface area contributed by atoms with Gasteiger partial charge in [0.25, 0.3) is 5.69 Å². The van der Waals surface area contributed by atoms with Crippen LogP contribution in [0.25, 0.3) is 21.1 Å². The molecule has 2 heterocycles. The zero-order chi connectivity index (χ0) is 15.7. The number of benzene rings is 1. The molecule has 1 aromatic carbocycles. The summed E-state index contributed by atoms with van der Waals surface area (Å²) in [5, 5.41) is 24.0. The lowest BCUT2D eigenvalue weighted by atomic mass is 10.2.